The van der Waals surface area contributed by atoms with E-state index in [0.29, 0.717) is 6.54 Å². The highest BCUT2D eigenvalue weighted by Gasteiger charge is 2.23. The Morgan fingerprint density at radius 1 is 1.33 bits per heavy atom. The number of amides is 2. The largest absolute Gasteiger partial charge is 0.348 e. The van der Waals surface area contributed by atoms with Gasteiger partial charge in [0.2, 0.25) is 5.91 Å². The summed E-state index contributed by atoms with van der Waals surface area (Å²) in [5.41, 5.74) is 7.80. The molecule has 3 atom stereocenters. The molecule has 1 aliphatic heterocycles. The van der Waals surface area contributed by atoms with E-state index in [2.05, 4.69) is 18.3 Å². The van der Waals surface area contributed by atoms with Gasteiger partial charge in [0, 0.05) is 18.3 Å². The van der Waals surface area contributed by atoms with Crippen LogP contribution in [0.2, 0.25) is 0 Å². The molecule has 5 nitrogen and oxygen atoms in total. The number of nitrogens with one attached hydrogen (secondary N) is 1. The molecule has 0 fully saturated rings. The lowest BCUT2D eigenvalue weighted by molar-refractivity contribution is -0.122. The van der Waals surface area contributed by atoms with Crippen molar-refractivity contribution < 1.29 is 9.59 Å². The van der Waals surface area contributed by atoms with Crippen molar-refractivity contribution in [3.8, 4) is 0 Å². The summed E-state index contributed by atoms with van der Waals surface area (Å²) in [4.78, 5) is 26.2. The molecule has 5 heteroatoms. The summed E-state index contributed by atoms with van der Waals surface area (Å²) in [7, 11) is 0. The normalized spacial score (nSPS) is 17.4. The first-order valence-electron chi connectivity index (χ1n) is 8.57. The molecule has 2 amide bonds. The number of nitrogens with zero attached hydrogens (tertiary/aromatic N) is 1. The number of nitrogens with two attached hydrogens (primary N) is 1. The molecule has 0 unspecified atom stereocenters. The van der Waals surface area contributed by atoms with Crippen molar-refractivity contribution in [2.45, 2.75) is 45.7 Å². The van der Waals surface area contributed by atoms with Crippen molar-refractivity contribution in [1.29, 1.82) is 0 Å². The maximum Gasteiger partial charge on any atom is 0.250 e. The zero-order chi connectivity index (χ0) is 17.7. The first-order valence-corrected chi connectivity index (χ1v) is 8.57. The molecule has 1 heterocycles. The number of anilines is 1. The number of benzene rings is 1. The summed E-state index contributed by atoms with van der Waals surface area (Å²) in [6.45, 7) is 6.45. The van der Waals surface area contributed by atoms with Crippen LogP contribution in [-0.2, 0) is 16.0 Å². The Labute approximate surface area is 143 Å². The van der Waals surface area contributed by atoms with E-state index in [9.17, 15) is 9.59 Å². The van der Waals surface area contributed by atoms with Gasteiger partial charge in [-0.1, -0.05) is 44.5 Å². The van der Waals surface area contributed by atoms with Gasteiger partial charge in [-0.05, 0) is 30.9 Å². The van der Waals surface area contributed by atoms with Gasteiger partial charge in [-0.15, -0.1) is 0 Å². The smallest absolute Gasteiger partial charge is 0.250 e. The number of carbonyl (C=O) groups is 2. The summed E-state index contributed by atoms with van der Waals surface area (Å²) < 4.78 is 0. The number of carbonyl (C=O) groups excluding carboxylic acids is 2. The van der Waals surface area contributed by atoms with Crippen LogP contribution in [0, 0.1) is 5.92 Å². The Morgan fingerprint density at radius 3 is 2.71 bits per heavy atom. The highest BCUT2D eigenvalue weighted by molar-refractivity contribution is 6.03. The molecule has 1 aliphatic rings. The highest BCUT2D eigenvalue weighted by atomic mass is 16.2. The quantitative estimate of drug-likeness (QED) is 0.784. The van der Waals surface area contributed by atoms with Crippen LogP contribution in [0.5, 0.6) is 0 Å². The van der Waals surface area contributed by atoms with Crippen LogP contribution in [0.15, 0.2) is 36.4 Å². The molecule has 2 rings (SSSR count). The Morgan fingerprint density at radius 2 is 2.04 bits per heavy atom. The van der Waals surface area contributed by atoms with Gasteiger partial charge in [0.15, 0.2) is 0 Å². The Bertz CT molecular complexity index is 625. The maximum atomic E-state index is 12.5. The first kappa shape index (κ1) is 18.2. The van der Waals surface area contributed by atoms with Crippen LogP contribution in [0.3, 0.4) is 0 Å². The zero-order valence-corrected chi connectivity index (χ0v) is 14.7. The molecule has 3 N–H and O–H groups in total. The molecule has 0 radical (unpaired) electrons. The number of hydrogen-bond donors (Lipinski definition) is 2. The van der Waals surface area contributed by atoms with Crippen LogP contribution in [0.4, 0.5) is 5.69 Å². The first-order chi connectivity index (χ1) is 11.4. The number of fused-ring (bicyclic) bond motifs is 1. The summed E-state index contributed by atoms with van der Waals surface area (Å²) in [5, 5.41) is 2.91. The molecule has 130 valence electrons. The van der Waals surface area contributed by atoms with E-state index in [1.54, 1.807) is 24.0 Å². The molecule has 0 saturated heterocycles. The molecule has 0 spiro atoms. The maximum absolute atomic E-state index is 12.5. The molecule has 0 aromatic heterocycles. The standard InChI is InChI=1S/C19H27N3O2/c1-4-13(2)16(21-19(24)14(3)20)9-10-18(23)22-12-11-15-7-5-6-8-17(15)22/h5-10,13-14,16H,4,11-12,20H2,1-3H3,(H,21,24)/b10-9+/t13-,14-,16+/m0/s1. The van der Waals surface area contributed by atoms with Crippen LogP contribution < -0.4 is 16.0 Å². The fraction of sp³-hybridized carbons (Fsp3) is 0.474. The van der Waals surface area contributed by atoms with Crippen molar-refractivity contribution in [3.05, 3.63) is 42.0 Å². The molecule has 0 saturated carbocycles. The molecular weight excluding hydrogens is 302 g/mol. The van der Waals surface area contributed by atoms with E-state index in [-0.39, 0.29) is 23.8 Å². The number of rotatable bonds is 6. The van der Waals surface area contributed by atoms with E-state index in [1.165, 1.54) is 5.56 Å². The van der Waals surface area contributed by atoms with E-state index in [4.69, 9.17) is 5.73 Å². The number of hydrogen-bond acceptors (Lipinski definition) is 3. The third-order valence-corrected chi connectivity index (χ3v) is 4.58. The van der Waals surface area contributed by atoms with E-state index < -0.39 is 6.04 Å². The second kappa shape index (κ2) is 8.11. The lowest BCUT2D eigenvalue weighted by Gasteiger charge is -2.22. The van der Waals surface area contributed by atoms with E-state index in [1.807, 2.05) is 25.1 Å². The Hall–Kier alpha value is -2.14. The topological polar surface area (TPSA) is 75.4 Å². The van der Waals surface area contributed by atoms with Gasteiger partial charge in [0.25, 0.3) is 5.91 Å². The predicted octanol–water partition coefficient (Wildman–Crippen LogP) is 2.01. The van der Waals surface area contributed by atoms with E-state index >= 15 is 0 Å². The summed E-state index contributed by atoms with van der Waals surface area (Å²) >= 11 is 0. The minimum atomic E-state index is -0.564. The predicted molar refractivity (Wildman–Crippen MR) is 96.7 cm³/mol. The lowest BCUT2D eigenvalue weighted by Crippen LogP contribution is -2.45. The van der Waals surface area contributed by atoms with Gasteiger partial charge in [0.05, 0.1) is 12.1 Å². The highest BCUT2D eigenvalue weighted by Crippen LogP contribution is 2.27. The third-order valence-electron chi connectivity index (χ3n) is 4.58. The minimum Gasteiger partial charge on any atom is -0.348 e. The lowest BCUT2D eigenvalue weighted by atomic mass is 9.98. The van der Waals surface area contributed by atoms with Gasteiger partial charge in [-0.2, -0.15) is 0 Å². The van der Waals surface area contributed by atoms with Gasteiger partial charge < -0.3 is 16.0 Å². The Balaban J connectivity index is 2.08. The summed E-state index contributed by atoms with van der Waals surface area (Å²) in [5.74, 6) is -0.0326. The van der Waals surface area contributed by atoms with Crippen LogP contribution in [-0.4, -0.2) is 30.4 Å². The molecule has 0 bridgehead atoms. The number of para-hydroxylation sites is 1. The van der Waals surface area contributed by atoms with Crippen molar-refractivity contribution >= 4 is 17.5 Å². The second-order valence-electron chi connectivity index (χ2n) is 6.44. The Kier molecular flexibility index (Phi) is 6.15. The van der Waals surface area contributed by atoms with Crippen LogP contribution >= 0.6 is 0 Å². The van der Waals surface area contributed by atoms with Crippen molar-refractivity contribution in [1.82, 2.24) is 5.32 Å². The summed E-state index contributed by atoms with van der Waals surface area (Å²) in [6, 6.07) is 7.20. The second-order valence-corrected chi connectivity index (χ2v) is 6.44. The van der Waals surface area contributed by atoms with Crippen LogP contribution in [0.25, 0.3) is 0 Å². The van der Waals surface area contributed by atoms with Gasteiger partial charge in [-0.3, -0.25) is 9.59 Å². The van der Waals surface area contributed by atoms with Gasteiger partial charge >= 0.3 is 0 Å². The molecule has 1 aromatic rings. The van der Waals surface area contributed by atoms with E-state index in [0.717, 1.165) is 18.5 Å². The van der Waals surface area contributed by atoms with Crippen molar-refractivity contribution in [2.24, 2.45) is 11.7 Å². The molecule has 24 heavy (non-hydrogen) atoms. The average Bonchev–Trinajstić information content (AvgIpc) is 3.01. The molecule has 0 aliphatic carbocycles. The van der Waals surface area contributed by atoms with Crippen LogP contribution in [0.1, 0.15) is 32.8 Å². The zero-order valence-electron chi connectivity index (χ0n) is 14.7. The fourth-order valence-corrected chi connectivity index (χ4v) is 2.77. The minimum absolute atomic E-state index is 0.0525. The van der Waals surface area contributed by atoms with Gasteiger partial charge in [0.1, 0.15) is 0 Å². The third kappa shape index (κ3) is 4.23. The van der Waals surface area contributed by atoms with Crippen molar-refractivity contribution in [2.75, 3.05) is 11.4 Å². The fourth-order valence-electron chi connectivity index (χ4n) is 2.77. The average molecular weight is 329 g/mol. The van der Waals surface area contributed by atoms with Gasteiger partial charge in [-0.25, -0.2) is 0 Å². The molecule has 1 aromatic carbocycles. The summed E-state index contributed by atoms with van der Waals surface area (Å²) in [6.07, 6.45) is 5.14. The van der Waals surface area contributed by atoms with Crippen molar-refractivity contribution in [3.63, 3.8) is 0 Å². The SMILES string of the molecule is CC[C@H](C)[C@@H](/C=C/C(=O)N1CCc2ccccc21)NC(=O)[C@H](C)N. The molecular formula is C19H27N3O2. The monoisotopic (exact) mass is 329 g/mol.